The predicted molar refractivity (Wildman–Crippen MR) is 113 cm³/mol. The number of methoxy groups -OCH3 is 1. The second-order valence-corrected chi connectivity index (χ2v) is 8.45. The first-order chi connectivity index (χ1) is 13.1. The van der Waals surface area contributed by atoms with Crippen molar-refractivity contribution >= 4 is 29.3 Å². The van der Waals surface area contributed by atoms with Gasteiger partial charge in [-0.2, -0.15) is 11.8 Å². The van der Waals surface area contributed by atoms with Crippen LogP contribution in [0.1, 0.15) is 31.2 Å². The minimum absolute atomic E-state index is 0.0978. The van der Waals surface area contributed by atoms with Crippen molar-refractivity contribution in [2.24, 2.45) is 0 Å². The Morgan fingerprint density at radius 1 is 1.41 bits per heavy atom. The molecule has 1 aliphatic heterocycles. The lowest BCUT2D eigenvalue weighted by atomic mass is 10.1. The first kappa shape index (κ1) is 22.3. The zero-order valence-corrected chi connectivity index (χ0v) is 17.6. The van der Waals surface area contributed by atoms with Gasteiger partial charge in [-0.1, -0.05) is 35.9 Å². The number of nitrogens with zero attached hydrogens (tertiary/aromatic N) is 1. The number of ether oxygens (including phenoxy) is 1. The zero-order chi connectivity index (χ0) is 19.5. The molecule has 1 aliphatic rings. The number of thioether (sulfide) groups is 1. The standard InChI is InChI=1S/C21H30ClNO3S/c1-26-12-2-3-13-27-14-11-23-19(8-10-21(23)25)7-9-20(24)16-17-5-4-6-18(22)15-17/h4-7,9,15,19-20,24H,2-3,8,10-14,16H2,1H3/t19-,20+/m0/s1. The van der Waals surface area contributed by atoms with Gasteiger partial charge in [-0.3, -0.25) is 4.79 Å². The lowest BCUT2D eigenvalue weighted by Crippen LogP contribution is -2.34. The minimum Gasteiger partial charge on any atom is -0.389 e. The van der Waals surface area contributed by atoms with Gasteiger partial charge < -0.3 is 14.7 Å². The van der Waals surface area contributed by atoms with Crippen molar-refractivity contribution in [2.45, 2.75) is 44.2 Å². The highest BCUT2D eigenvalue weighted by Gasteiger charge is 2.28. The van der Waals surface area contributed by atoms with E-state index in [1.54, 1.807) is 7.11 Å². The number of carbonyl (C=O) groups is 1. The average molecular weight is 412 g/mol. The zero-order valence-electron chi connectivity index (χ0n) is 16.0. The van der Waals surface area contributed by atoms with Gasteiger partial charge in [-0.05, 0) is 42.7 Å². The van der Waals surface area contributed by atoms with Gasteiger partial charge in [0.25, 0.3) is 0 Å². The number of hydrogen-bond donors (Lipinski definition) is 1. The molecule has 2 atom stereocenters. The number of carbonyl (C=O) groups excluding carboxylic acids is 1. The fourth-order valence-electron chi connectivity index (χ4n) is 3.19. The predicted octanol–water partition coefficient (Wildman–Crippen LogP) is 3.95. The molecule has 0 aliphatic carbocycles. The van der Waals surface area contributed by atoms with Crippen molar-refractivity contribution in [2.75, 3.05) is 31.8 Å². The molecule has 2 rings (SSSR count). The SMILES string of the molecule is COCCCCSCCN1C(=O)CC[C@@H]1C=C[C@@H](O)Cc1cccc(Cl)c1. The quantitative estimate of drug-likeness (QED) is 0.418. The van der Waals surface area contributed by atoms with Gasteiger partial charge in [0.05, 0.1) is 12.1 Å². The molecule has 1 aromatic carbocycles. The van der Waals surface area contributed by atoms with Crippen LogP contribution in [-0.2, 0) is 16.0 Å². The molecule has 0 spiro atoms. The van der Waals surface area contributed by atoms with Crippen LogP contribution in [0, 0.1) is 0 Å². The molecule has 0 radical (unpaired) electrons. The van der Waals surface area contributed by atoms with Gasteiger partial charge in [0.2, 0.25) is 5.91 Å². The van der Waals surface area contributed by atoms with Crippen LogP contribution in [-0.4, -0.2) is 59.8 Å². The van der Waals surface area contributed by atoms with Crippen LogP contribution in [0.3, 0.4) is 0 Å². The Morgan fingerprint density at radius 2 is 2.26 bits per heavy atom. The van der Waals surface area contributed by atoms with E-state index in [9.17, 15) is 9.90 Å². The summed E-state index contributed by atoms with van der Waals surface area (Å²) >= 11 is 7.87. The van der Waals surface area contributed by atoms with Crippen molar-refractivity contribution in [1.29, 1.82) is 0 Å². The number of rotatable bonds is 12. The fraction of sp³-hybridized carbons (Fsp3) is 0.571. The summed E-state index contributed by atoms with van der Waals surface area (Å²) < 4.78 is 5.05. The number of aliphatic hydroxyl groups excluding tert-OH is 1. The third kappa shape index (κ3) is 8.26. The number of hydrogen-bond acceptors (Lipinski definition) is 4. The van der Waals surface area contributed by atoms with Gasteiger partial charge >= 0.3 is 0 Å². The van der Waals surface area contributed by atoms with E-state index in [0.717, 1.165) is 49.5 Å². The van der Waals surface area contributed by atoms with E-state index < -0.39 is 6.10 Å². The van der Waals surface area contributed by atoms with Crippen LogP contribution in [0.2, 0.25) is 5.02 Å². The van der Waals surface area contributed by atoms with Gasteiger partial charge in [0, 0.05) is 43.9 Å². The number of amides is 1. The van der Waals surface area contributed by atoms with Crippen molar-refractivity contribution in [3.05, 3.63) is 47.0 Å². The molecule has 1 fully saturated rings. The number of unbranched alkanes of at least 4 members (excludes halogenated alkanes) is 1. The van der Waals surface area contributed by atoms with E-state index in [0.29, 0.717) is 17.9 Å². The Balaban J connectivity index is 1.74. The summed E-state index contributed by atoms with van der Waals surface area (Å²) in [6.07, 6.45) is 7.41. The second-order valence-electron chi connectivity index (χ2n) is 6.79. The van der Waals surface area contributed by atoms with E-state index >= 15 is 0 Å². The number of likely N-dealkylation sites (tertiary alicyclic amines) is 1. The van der Waals surface area contributed by atoms with Crippen molar-refractivity contribution in [3.8, 4) is 0 Å². The number of halogens is 1. The molecular formula is C21H30ClNO3S. The maximum absolute atomic E-state index is 12.2. The van der Waals surface area contributed by atoms with E-state index in [1.165, 1.54) is 0 Å². The summed E-state index contributed by atoms with van der Waals surface area (Å²) in [7, 11) is 1.73. The Morgan fingerprint density at radius 3 is 3.04 bits per heavy atom. The first-order valence-electron chi connectivity index (χ1n) is 9.57. The molecule has 4 nitrogen and oxygen atoms in total. The third-order valence-electron chi connectivity index (χ3n) is 4.63. The van der Waals surface area contributed by atoms with E-state index in [-0.39, 0.29) is 11.9 Å². The van der Waals surface area contributed by atoms with Crippen LogP contribution < -0.4 is 0 Å². The summed E-state index contributed by atoms with van der Waals surface area (Å²) in [4.78, 5) is 14.1. The molecular weight excluding hydrogens is 382 g/mol. The Bertz CT molecular complexity index is 611. The van der Waals surface area contributed by atoms with Crippen LogP contribution in [0.5, 0.6) is 0 Å². The molecule has 0 unspecified atom stereocenters. The Labute approximate surface area is 171 Å². The smallest absolute Gasteiger partial charge is 0.223 e. The third-order valence-corrected chi connectivity index (χ3v) is 5.91. The van der Waals surface area contributed by atoms with Crippen molar-refractivity contribution in [1.82, 2.24) is 4.90 Å². The summed E-state index contributed by atoms with van der Waals surface area (Å²) in [5.74, 6) is 2.27. The summed E-state index contributed by atoms with van der Waals surface area (Å²) in [6.45, 7) is 1.59. The molecule has 1 heterocycles. The lowest BCUT2D eigenvalue weighted by molar-refractivity contribution is -0.128. The first-order valence-corrected chi connectivity index (χ1v) is 11.1. The maximum Gasteiger partial charge on any atom is 0.223 e. The highest BCUT2D eigenvalue weighted by molar-refractivity contribution is 7.99. The van der Waals surface area contributed by atoms with E-state index in [2.05, 4.69) is 0 Å². The van der Waals surface area contributed by atoms with Crippen molar-refractivity contribution < 1.29 is 14.6 Å². The number of aliphatic hydroxyl groups is 1. The van der Waals surface area contributed by atoms with Gasteiger partial charge in [-0.15, -0.1) is 0 Å². The summed E-state index contributed by atoms with van der Waals surface area (Å²) in [5, 5.41) is 11.0. The molecule has 6 heteroatoms. The number of benzene rings is 1. The van der Waals surface area contributed by atoms with E-state index in [1.807, 2.05) is 53.1 Å². The fourth-order valence-corrected chi connectivity index (χ4v) is 4.34. The molecule has 0 bridgehead atoms. The molecule has 1 aromatic rings. The van der Waals surface area contributed by atoms with Crippen LogP contribution in [0.15, 0.2) is 36.4 Å². The van der Waals surface area contributed by atoms with Crippen LogP contribution in [0.4, 0.5) is 0 Å². The molecule has 1 saturated heterocycles. The molecule has 0 aromatic heterocycles. The molecule has 1 amide bonds. The normalized spacial score (nSPS) is 18.6. The van der Waals surface area contributed by atoms with E-state index in [4.69, 9.17) is 16.3 Å². The summed E-state index contributed by atoms with van der Waals surface area (Å²) in [5.41, 5.74) is 1.00. The molecule has 1 N–H and O–H groups in total. The van der Waals surface area contributed by atoms with Gasteiger partial charge in [-0.25, -0.2) is 0 Å². The monoisotopic (exact) mass is 411 g/mol. The Kier molecular flexibility index (Phi) is 10.3. The van der Waals surface area contributed by atoms with Crippen molar-refractivity contribution in [3.63, 3.8) is 0 Å². The maximum atomic E-state index is 12.2. The lowest BCUT2D eigenvalue weighted by Gasteiger charge is -2.22. The molecule has 150 valence electrons. The molecule has 27 heavy (non-hydrogen) atoms. The molecule has 0 saturated carbocycles. The van der Waals surface area contributed by atoms with Crippen LogP contribution >= 0.6 is 23.4 Å². The largest absolute Gasteiger partial charge is 0.389 e. The highest BCUT2D eigenvalue weighted by atomic mass is 35.5. The van der Waals surface area contributed by atoms with Crippen LogP contribution in [0.25, 0.3) is 0 Å². The van der Waals surface area contributed by atoms with Gasteiger partial charge in [0.15, 0.2) is 0 Å². The Hall–Kier alpha value is -1.01. The topological polar surface area (TPSA) is 49.8 Å². The second kappa shape index (κ2) is 12.4. The highest BCUT2D eigenvalue weighted by Crippen LogP contribution is 2.21. The summed E-state index contributed by atoms with van der Waals surface area (Å²) in [6, 6.07) is 7.63. The average Bonchev–Trinajstić information content (AvgIpc) is 2.99. The van der Waals surface area contributed by atoms with Gasteiger partial charge in [0.1, 0.15) is 0 Å². The minimum atomic E-state index is -0.573.